The van der Waals surface area contributed by atoms with Gasteiger partial charge in [0, 0.05) is 45.8 Å². The van der Waals surface area contributed by atoms with Crippen LogP contribution in [0, 0.1) is 0 Å². The van der Waals surface area contributed by atoms with Crippen LogP contribution >= 0.6 is 0 Å². The quantitative estimate of drug-likeness (QED) is 0.770. The maximum atomic E-state index is 12.5. The minimum atomic E-state index is 0.320. The topological polar surface area (TPSA) is 32.8 Å². The lowest BCUT2D eigenvalue weighted by Crippen LogP contribution is -2.39. The van der Waals surface area contributed by atoms with Crippen LogP contribution in [0.1, 0.15) is 44.1 Å². The van der Waals surface area contributed by atoms with E-state index in [1.54, 1.807) is 0 Å². The monoisotopic (exact) mass is 330 g/mol. The van der Waals surface area contributed by atoms with Crippen LogP contribution in [-0.4, -0.2) is 54.6 Å². The molecule has 1 aromatic carbocycles. The Morgan fingerprint density at radius 2 is 1.92 bits per heavy atom. The standard InChI is InChI=1S/C20H30N2O2/c23-20(22-12-5-2-6-13-22)11-14-21(17-19-10-7-15-24-19)16-18-8-3-1-4-9-18/h1,3-4,8-9,19H,2,5-7,10-17H2. The number of hydrogen-bond donors (Lipinski definition) is 0. The SMILES string of the molecule is O=C(CCN(Cc1ccccc1)CC1CCCO1)N1CCCCC1. The van der Waals surface area contributed by atoms with Crippen molar-refractivity contribution in [1.82, 2.24) is 9.80 Å². The van der Waals surface area contributed by atoms with Crippen LogP contribution in [0.5, 0.6) is 0 Å². The molecule has 3 rings (SSSR count). The van der Waals surface area contributed by atoms with E-state index in [2.05, 4.69) is 34.1 Å². The number of amides is 1. The van der Waals surface area contributed by atoms with Gasteiger partial charge in [-0.15, -0.1) is 0 Å². The molecule has 4 heteroatoms. The molecule has 2 aliphatic heterocycles. The molecular weight excluding hydrogens is 300 g/mol. The van der Waals surface area contributed by atoms with Crippen molar-refractivity contribution in [2.24, 2.45) is 0 Å². The molecule has 0 spiro atoms. The average Bonchev–Trinajstić information content (AvgIpc) is 3.14. The Morgan fingerprint density at radius 1 is 1.12 bits per heavy atom. The molecule has 24 heavy (non-hydrogen) atoms. The van der Waals surface area contributed by atoms with Gasteiger partial charge in [0.1, 0.15) is 0 Å². The van der Waals surface area contributed by atoms with Crippen molar-refractivity contribution < 1.29 is 9.53 Å². The van der Waals surface area contributed by atoms with Crippen LogP contribution in [0.4, 0.5) is 0 Å². The fourth-order valence-corrected chi connectivity index (χ4v) is 3.71. The zero-order chi connectivity index (χ0) is 16.6. The number of nitrogens with zero attached hydrogens (tertiary/aromatic N) is 2. The third-order valence-corrected chi connectivity index (χ3v) is 5.09. The van der Waals surface area contributed by atoms with Gasteiger partial charge in [-0.3, -0.25) is 9.69 Å². The molecule has 1 unspecified atom stereocenters. The van der Waals surface area contributed by atoms with Crippen LogP contribution in [0.3, 0.4) is 0 Å². The maximum Gasteiger partial charge on any atom is 0.223 e. The molecule has 1 atom stereocenters. The molecule has 1 amide bonds. The van der Waals surface area contributed by atoms with Crippen LogP contribution in [0.25, 0.3) is 0 Å². The summed E-state index contributed by atoms with van der Waals surface area (Å²) in [5, 5.41) is 0. The second kappa shape index (κ2) is 9.19. The highest BCUT2D eigenvalue weighted by Crippen LogP contribution is 2.16. The molecule has 2 aliphatic rings. The normalized spacial score (nSPS) is 21.4. The molecule has 0 N–H and O–H groups in total. The molecule has 0 bridgehead atoms. The van der Waals surface area contributed by atoms with Gasteiger partial charge in [-0.2, -0.15) is 0 Å². The van der Waals surface area contributed by atoms with Crippen molar-refractivity contribution in [2.75, 3.05) is 32.8 Å². The first-order chi connectivity index (χ1) is 11.8. The van der Waals surface area contributed by atoms with Crippen LogP contribution < -0.4 is 0 Å². The first-order valence-electron chi connectivity index (χ1n) is 9.47. The van der Waals surface area contributed by atoms with E-state index in [9.17, 15) is 4.79 Å². The Hall–Kier alpha value is -1.39. The number of carbonyl (C=O) groups excluding carboxylic acids is 1. The first-order valence-corrected chi connectivity index (χ1v) is 9.47. The summed E-state index contributed by atoms with van der Waals surface area (Å²) in [7, 11) is 0. The molecule has 1 aromatic rings. The highest BCUT2D eigenvalue weighted by molar-refractivity contribution is 5.76. The van der Waals surface area contributed by atoms with Gasteiger partial charge in [-0.1, -0.05) is 30.3 Å². The predicted molar refractivity (Wildman–Crippen MR) is 95.7 cm³/mol. The Morgan fingerprint density at radius 3 is 2.62 bits per heavy atom. The molecular formula is C20H30N2O2. The third kappa shape index (κ3) is 5.32. The largest absolute Gasteiger partial charge is 0.377 e. The molecule has 0 radical (unpaired) electrons. The molecule has 0 saturated carbocycles. The third-order valence-electron chi connectivity index (χ3n) is 5.09. The lowest BCUT2D eigenvalue weighted by Gasteiger charge is -2.29. The van der Waals surface area contributed by atoms with E-state index in [0.717, 1.165) is 65.0 Å². The molecule has 2 saturated heterocycles. The summed E-state index contributed by atoms with van der Waals surface area (Å²) in [6.45, 7) is 5.43. The van der Waals surface area contributed by atoms with E-state index >= 15 is 0 Å². The summed E-state index contributed by atoms with van der Waals surface area (Å²) < 4.78 is 5.81. The number of benzene rings is 1. The second-order valence-corrected chi connectivity index (χ2v) is 7.05. The number of carbonyl (C=O) groups is 1. The fourth-order valence-electron chi connectivity index (χ4n) is 3.71. The molecule has 2 fully saturated rings. The van der Waals surface area contributed by atoms with E-state index in [-0.39, 0.29) is 0 Å². The van der Waals surface area contributed by atoms with Gasteiger partial charge in [0.15, 0.2) is 0 Å². The van der Waals surface area contributed by atoms with E-state index < -0.39 is 0 Å². The number of piperidine rings is 1. The second-order valence-electron chi connectivity index (χ2n) is 7.05. The van der Waals surface area contributed by atoms with E-state index in [1.807, 2.05) is 6.07 Å². The summed E-state index contributed by atoms with van der Waals surface area (Å²) in [6, 6.07) is 10.5. The summed E-state index contributed by atoms with van der Waals surface area (Å²) in [5.41, 5.74) is 1.31. The number of rotatable bonds is 7. The maximum absolute atomic E-state index is 12.5. The Balaban J connectivity index is 1.53. The summed E-state index contributed by atoms with van der Waals surface area (Å²) in [4.78, 5) is 16.9. The van der Waals surface area contributed by atoms with E-state index in [1.165, 1.54) is 12.0 Å². The van der Waals surface area contributed by atoms with E-state index in [0.29, 0.717) is 18.4 Å². The number of ether oxygens (including phenoxy) is 1. The summed E-state index contributed by atoms with van der Waals surface area (Å²) in [6.07, 6.45) is 6.86. The summed E-state index contributed by atoms with van der Waals surface area (Å²) >= 11 is 0. The fraction of sp³-hybridized carbons (Fsp3) is 0.650. The van der Waals surface area contributed by atoms with Gasteiger partial charge < -0.3 is 9.64 Å². The van der Waals surface area contributed by atoms with Gasteiger partial charge in [0.2, 0.25) is 5.91 Å². The van der Waals surface area contributed by atoms with Crippen molar-refractivity contribution in [3.8, 4) is 0 Å². The van der Waals surface area contributed by atoms with Crippen molar-refractivity contribution in [1.29, 1.82) is 0 Å². The lowest BCUT2D eigenvalue weighted by atomic mass is 10.1. The van der Waals surface area contributed by atoms with Crippen LogP contribution in [-0.2, 0) is 16.1 Å². The first kappa shape index (κ1) is 17.4. The minimum absolute atomic E-state index is 0.320. The predicted octanol–water partition coefficient (Wildman–Crippen LogP) is 3.07. The van der Waals surface area contributed by atoms with Crippen molar-refractivity contribution in [2.45, 2.75) is 51.2 Å². The Labute approximate surface area is 145 Å². The van der Waals surface area contributed by atoms with Gasteiger partial charge in [-0.25, -0.2) is 0 Å². The summed E-state index contributed by atoms with van der Waals surface area (Å²) in [5.74, 6) is 0.320. The Kier molecular flexibility index (Phi) is 6.67. The zero-order valence-corrected chi connectivity index (χ0v) is 14.7. The van der Waals surface area contributed by atoms with E-state index in [4.69, 9.17) is 4.74 Å². The number of likely N-dealkylation sites (tertiary alicyclic amines) is 1. The molecule has 2 heterocycles. The minimum Gasteiger partial charge on any atom is -0.377 e. The molecule has 0 aromatic heterocycles. The highest BCUT2D eigenvalue weighted by atomic mass is 16.5. The van der Waals surface area contributed by atoms with Crippen LogP contribution in [0.2, 0.25) is 0 Å². The zero-order valence-electron chi connectivity index (χ0n) is 14.7. The Bertz CT molecular complexity index is 494. The van der Waals surface area contributed by atoms with Crippen molar-refractivity contribution in [3.63, 3.8) is 0 Å². The molecule has 0 aliphatic carbocycles. The van der Waals surface area contributed by atoms with Crippen LogP contribution in [0.15, 0.2) is 30.3 Å². The number of hydrogen-bond acceptors (Lipinski definition) is 3. The van der Waals surface area contributed by atoms with Gasteiger partial charge in [0.05, 0.1) is 6.10 Å². The van der Waals surface area contributed by atoms with Gasteiger partial charge in [-0.05, 0) is 37.7 Å². The average molecular weight is 330 g/mol. The van der Waals surface area contributed by atoms with Crippen molar-refractivity contribution in [3.05, 3.63) is 35.9 Å². The molecule has 4 nitrogen and oxygen atoms in total. The molecule has 132 valence electrons. The van der Waals surface area contributed by atoms with Gasteiger partial charge >= 0.3 is 0 Å². The van der Waals surface area contributed by atoms with Gasteiger partial charge in [0.25, 0.3) is 0 Å². The highest BCUT2D eigenvalue weighted by Gasteiger charge is 2.21. The van der Waals surface area contributed by atoms with Crippen molar-refractivity contribution >= 4 is 5.91 Å². The smallest absolute Gasteiger partial charge is 0.223 e. The lowest BCUT2D eigenvalue weighted by molar-refractivity contribution is -0.132.